The van der Waals surface area contributed by atoms with E-state index in [9.17, 15) is 4.79 Å². The highest BCUT2D eigenvalue weighted by Gasteiger charge is 2.12. The normalized spacial score (nSPS) is 11.2. The minimum absolute atomic E-state index is 0.00825. The molecule has 160 valence electrons. The topological polar surface area (TPSA) is 46.9 Å². The molecule has 0 atom stereocenters. The lowest BCUT2D eigenvalue weighted by Crippen LogP contribution is -2.27. The summed E-state index contributed by atoms with van der Waals surface area (Å²) in [5, 5.41) is 3.08. The van der Waals surface area contributed by atoms with Gasteiger partial charge in [-0.25, -0.2) is 4.98 Å². The Morgan fingerprint density at radius 2 is 1.77 bits per heavy atom. The Kier molecular flexibility index (Phi) is 8.06. The fraction of sp³-hybridized carbons (Fsp3) is 0.462. The number of amides is 1. The summed E-state index contributed by atoms with van der Waals surface area (Å²) in [6.45, 7) is 7.87. The second kappa shape index (κ2) is 11.0. The number of para-hydroxylation sites is 2. The van der Waals surface area contributed by atoms with E-state index in [4.69, 9.17) is 4.98 Å². The molecule has 0 spiro atoms. The van der Waals surface area contributed by atoms with Gasteiger partial charge >= 0.3 is 0 Å². The Balaban J connectivity index is 1.61. The monoisotopic (exact) mass is 405 g/mol. The standard InChI is InChI=1S/C26H35N3O/c1-4-5-6-7-8-11-18-29-24-13-10-9-12-23(24)28-25(29)16-17-27-26(30)22-15-14-20(2)19-21(22)3/h9-10,12-15,19H,4-8,11,16-18H2,1-3H3,(H,27,30). The number of carbonyl (C=O) groups excluding carboxylic acids is 1. The van der Waals surface area contributed by atoms with Crippen LogP contribution in [-0.2, 0) is 13.0 Å². The summed E-state index contributed by atoms with van der Waals surface area (Å²) in [6, 6.07) is 14.3. The van der Waals surface area contributed by atoms with E-state index in [1.807, 2.05) is 32.0 Å². The van der Waals surface area contributed by atoms with E-state index in [2.05, 4.69) is 41.1 Å². The third kappa shape index (κ3) is 5.71. The fourth-order valence-electron chi connectivity index (χ4n) is 4.07. The number of fused-ring (bicyclic) bond motifs is 1. The zero-order valence-electron chi connectivity index (χ0n) is 18.7. The average Bonchev–Trinajstić information content (AvgIpc) is 3.08. The molecule has 0 unspecified atom stereocenters. The summed E-state index contributed by atoms with van der Waals surface area (Å²) in [5.41, 5.74) is 5.18. The van der Waals surface area contributed by atoms with Crippen LogP contribution in [0.1, 0.15) is 72.8 Å². The number of imidazole rings is 1. The lowest BCUT2D eigenvalue weighted by molar-refractivity contribution is 0.0953. The Bertz CT molecular complexity index is 974. The fourth-order valence-corrected chi connectivity index (χ4v) is 4.07. The largest absolute Gasteiger partial charge is 0.352 e. The first kappa shape index (κ1) is 22.1. The van der Waals surface area contributed by atoms with Gasteiger partial charge in [-0.1, -0.05) is 68.9 Å². The molecule has 1 heterocycles. The number of aromatic nitrogens is 2. The molecule has 0 aliphatic rings. The average molecular weight is 406 g/mol. The van der Waals surface area contributed by atoms with E-state index >= 15 is 0 Å². The van der Waals surface area contributed by atoms with Crippen molar-refractivity contribution in [2.24, 2.45) is 0 Å². The van der Waals surface area contributed by atoms with Crippen LogP contribution in [0.25, 0.3) is 11.0 Å². The van der Waals surface area contributed by atoms with E-state index in [-0.39, 0.29) is 5.91 Å². The van der Waals surface area contributed by atoms with Gasteiger partial charge in [0.2, 0.25) is 0 Å². The van der Waals surface area contributed by atoms with Gasteiger partial charge in [-0.2, -0.15) is 0 Å². The molecule has 1 aromatic heterocycles. The molecule has 4 heteroatoms. The van der Waals surface area contributed by atoms with Crippen LogP contribution in [0.3, 0.4) is 0 Å². The number of benzene rings is 2. The van der Waals surface area contributed by atoms with Gasteiger partial charge in [-0.15, -0.1) is 0 Å². The summed E-state index contributed by atoms with van der Waals surface area (Å²) in [5.74, 6) is 1.05. The number of rotatable bonds is 11. The summed E-state index contributed by atoms with van der Waals surface area (Å²) in [4.78, 5) is 17.4. The highest BCUT2D eigenvalue weighted by atomic mass is 16.1. The minimum atomic E-state index is -0.00825. The van der Waals surface area contributed by atoms with Gasteiger partial charge in [0.15, 0.2) is 0 Å². The molecule has 0 saturated heterocycles. The van der Waals surface area contributed by atoms with Gasteiger partial charge in [-0.3, -0.25) is 4.79 Å². The van der Waals surface area contributed by atoms with E-state index < -0.39 is 0 Å². The highest BCUT2D eigenvalue weighted by molar-refractivity contribution is 5.95. The maximum Gasteiger partial charge on any atom is 0.251 e. The van der Waals surface area contributed by atoms with Crippen LogP contribution in [0.2, 0.25) is 0 Å². The number of hydrogen-bond donors (Lipinski definition) is 1. The van der Waals surface area contributed by atoms with Crippen molar-refractivity contribution in [3.63, 3.8) is 0 Å². The van der Waals surface area contributed by atoms with Crippen molar-refractivity contribution in [3.05, 3.63) is 65.0 Å². The van der Waals surface area contributed by atoms with Crippen molar-refractivity contribution in [1.29, 1.82) is 0 Å². The van der Waals surface area contributed by atoms with Gasteiger partial charge < -0.3 is 9.88 Å². The first-order valence-corrected chi connectivity index (χ1v) is 11.4. The number of hydrogen-bond acceptors (Lipinski definition) is 2. The van der Waals surface area contributed by atoms with Crippen LogP contribution in [0.5, 0.6) is 0 Å². The number of unbranched alkanes of at least 4 members (excludes halogenated alkanes) is 5. The Morgan fingerprint density at radius 1 is 1.00 bits per heavy atom. The van der Waals surface area contributed by atoms with Crippen molar-refractivity contribution in [2.45, 2.75) is 72.3 Å². The zero-order valence-corrected chi connectivity index (χ0v) is 18.7. The molecular weight excluding hydrogens is 370 g/mol. The van der Waals surface area contributed by atoms with Crippen LogP contribution < -0.4 is 5.32 Å². The number of aryl methyl sites for hydroxylation is 3. The highest BCUT2D eigenvalue weighted by Crippen LogP contribution is 2.18. The van der Waals surface area contributed by atoms with Crippen LogP contribution in [-0.4, -0.2) is 22.0 Å². The van der Waals surface area contributed by atoms with Crippen LogP contribution in [0.15, 0.2) is 42.5 Å². The van der Waals surface area contributed by atoms with Gasteiger partial charge in [0.25, 0.3) is 5.91 Å². The third-order valence-electron chi connectivity index (χ3n) is 5.73. The smallest absolute Gasteiger partial charge is 0.251 e. The Hall–Kier alpha value is -2.62. The van der Waals surface area contributed by atoms with Crippen LogP contribution >= 0.6 is 0 Å². The molecule has 0 aliphatic carbocycles. The van der Waals surface area contributed by atoms with Gasteiger partial charge in [0, 0.05) is 25.1 Å². The molecule has 0 aliphatic heterocycles. The van der Waals surface area contributed by atoms with E-state index in [1.165, 1.54) is 49.6 Å². The molecule has 0 bridgehead atoms. The number of nitrogens with one attached hydrogen (secondary N) is 1. The van der Waals surface area contributed by atoms with E-state index in [1.54, 1.807) is 0 Å². The molecule has 2 aromatic carbocycles. The summed E-state index contributed by atoms with van der Waals surface area (Å²) >= 11 is 0. The Morgan fingerprint density at radius 3 is 2.57 bits per heavy atom. The third-order valence-corrected chi connectivity index (χ3v) is 5.73. The summed E-state index contributed by atoms with van der Waals surface area (Å²) in [7, 11) is 0. The molecule has 1 amide bonds. The molecule has 0 radical (unpaired) electrons. The maximum atomic E-state index is 12.6. The van der Waals surface area contributed by atoms with Crippen LogP contribution in [0, 0.1) is 13.8 Å². The van der Waals surface area contributed by atoms with Crippen molar-refractivity contribution >= 4 is 16.9 Å². The van der Waals surface area contributed by atoms with Crippen molar-refractivity contribution in [3.8, 4) is 0 Å². The summed E-state index contributed by atoms with van der Waals surface area (Å²) < 4.78 is 2.35. The molecule has 1 N–H and O–H groups in total. The van der Waals surface area contributed by atoms with Gasteiger partial charge in [0.1, 0.15) is 5.82 Å². The van der Waals surface area contributed by atoms with Crippen molar-refractivity contribution in [1.82, 2.24) is 14.9 Å². The first-order chi connectivity index (χ1) is 14.6. The maximum absolute atomic E-state index is 12.6. The molecule has 0 fully saturated rings. The number of nitrogens with zero attached hydrogens (tertiary/aromatic N) is 2. The van der Waals surface area contributed by atoms with E-state index in [0.717, 1.165) is 35.4 Å². The zero-order chi connectivity index (χ0) is 21.3. The predicted molar refractivity (Wildman–Crippen MR) is 125 cm³/mol. The lowest BCUT2D eigenvalue weighted by atomic mass is 10.1. The Labute approximate surface area is 180 Å². The van der Waals surface area contributed by atoms with Crippen molar-refractivity contribution in [2.75, 3.05) is 6.54 Å². The second-order valence-electron chi connectivity index (χ2n) is 8.26. The molecule has 0 saturated carbocycles. The lowest BCUT2D eigenvalue weighted by Gasteiger charge is -2.11. The van der Waals surface area contributed by atoms with Gasteiger partial charge in [0.05, 0.1) is 11.0 Å². The first-order valence-electron chi connectivity index (χ1n) is 11.4. The predicted octanol–water partition coefficient (Wildman–Crippen LogP) is 5.99. The van der Waals surface area contributed by atoms with Crippen LogP contribution in [0.4, 0.5) is 0 Å². The summed E-state index contributed by atoms with van der Waals surface area (Å²) in [6.07, 6.45) is 8.42. The minimum Gasteiger partial charge on any atom is -0.352 e. The van der Waals surface area contributed by atoms with Gasteiger partial charge in [-0.05, 0) is 44.0 Å². The van der Waals surface area contributed by atoms with E-state index in [0.29, 0.717) is 6.54 Å². The molecular formula is C26H35N3O. The molecule has 3 aromatic rings. The molecule has 30 heavy (non-hydrogen) atoms. The second-order valence-corrected chi connectivity index (χ2v) is 8.26. The van der Waals surface area contributed by atoms with Crippen molar-refractivity contribution < 1.29 is 4.79 Å². The quantitative estimate of drug-likeness (QED) is 0.399. The molecule has 4 nitrogen and oxygen atoms in total. The molecule has 3 rings (SSSR count). The SMILES string of the molecule is CCCCCCCCn1c(CCNC(=O)c2ccc(C)cc2C)nc2ccccc21. The number of carbonyl (C=O) groups is 1.